The van der Waals surface area contributed by atoms with Gasteiger partial charge in [-0.1, -0.05) is 18.3 Å². The van der Waals surface area contributed by atoms with E-state index in [1.807, 2.05) is 46.9 Å². The Morgan fingerprint density at radius 1 is 1.56 bits per heavy atom. The molecular weight excluding hydrogens is 220 g/mol. The van der Waals surface area contributed by atoms with E-state index in [0.717, 1.165) is 17.9 Å². The largest absolute Gasteiger partial charge is 0.392 e. The SMILES string of the molecule is CN(CC(N)=S)Cc1cn2ccccc2n1. The number of likely N-dealkylation sites (N-methyl/N-ethyl adjacent to an activating group) is 1. The molecule has 0 aliphatic carbocycles. The molecule has 0 fully saturated rings. The van der Waals surface area contributed by atoms with Gasteiger partial charge in [0, 0.05) is 25.5 Å². The second-order valence-electron chi connectivity index (χ2n) is 3.84. The fourth-order valence-electron chi connectivity index (χ4n) is 1.66. The highest BCUT2D eigenvalue weighted by Crippen LogP contribution is 2.06. The molecule has 0 saturated carbocycles. The second-order valence-corrected chi connectivity index (χ2v) is 4.36. The van der Waals surface area contributed by atoms with Gasteiger partial charge in [-0.25, -0.2) is 4.98 Å². The van der Waals surface area contributed by atoms with Gasteiger partial charge in [-0.05, 0) is 19.2 Å². The normalized spacial score (nSPS) is 11.1. The van der Waals surface area contributed by atoms with Crippen LogP contribution in [0.1, 0.15) is 5.69 Å². The Balaban J connectivity index is 2.12. The van der Waals surface area contributed by atoms with Crippen molar-refractivity contribution in [2.75, 3.05) is 13.6 Å². The quantitative estimate of drug-likeness (QED) is 0.803. The highest BCUT2D eigenvalue weighted by Gasteiger charge is 2.05. The molecule has 0 unspecified atom stereocenters. The molecule has 0 radical (unpaired) electrons. The molecule has 0 aromatic carbocycles. The molecule has 2 aromatic heterocycles. The molecule has 4 nitrogen and oxygen atoms in total. The molecular formula is C11H14N4S. The first-order valence-corrected chi connectivity index (χ1v) is 5.45. The Labute approximate surface area is 99.7 Å². The summed E-state index contributed by atoms with van der Waals surface area (Å²) in [6.07, 6.45) is 4.00. The van der Waals surface area contributed by atoms with Gasteiger partial charge in [0.1, 0.15) is 5.65 Å². The minimum Gasteiger partial charge on any atom is -0.392 e. The van der Waals surface area contributed by atoms with Crippen LogP contribution in [0, 0.1) is 0 Å². The third-order valence-electron chi connectivity index (χ3n) is 2.27. The van der Waals surface area contributed by atoms with Crippen LogP contribution in [0.2, 0.25) is 0 Å². The number of aromatic nitrogens is 2. The predicted octanol–water partition coefficient (Wildman–Crippen LogP) is 1.05. The smallest absolute Gasteiger partial charge is 0.137 e. The van der Waals surface area contributed by atoms with Crippen molar-refractivity contribution in [1.29, 1.82) is 0 Å². The van der Waals surface area contributed by atoms with Crippen LogP contribution in [-0.2, 0) is 6.54 Å². The maximum atomic E-state index is 5.49. The summed E-state index contributed by atoms with van der Waals surface area (Å²) in [5.41, 5.74) is 7.46. The van der Waals surface area contributed by atoms with Crippen LogP contribution in [0.4, 0.5) is 0 Å². The monoisotopic (exact) mass is 234 g/mol. The zero-order chi connectivity index (χ0) is 11.5. The lowest BCUT2D eigenvalue weighted by atomic mass is 10.4. The number of nitrogens with zero attached hydrogens (tertiary/aromatic N) is 3. The van der Waals surface area contributed by atoms with Crippen molar-refractivity contribution in [3.63, 3.8) is 0 Å². The van der Waals surface area contributed by atoms with E-state index in [1.165, 1.54) is 0 Å². The first-order chi connectivity index (χ1) is 7.65. The van der Waals surface area contributed by atoms with Gasteiger partial charge in [0.25, 0.3) is 0 Å². The summed E-state index contributed by atoms with van der Waals surface area (Å²) in [7, 11) is 1.98. The number of thiocarbonyl (C=S) groups is 1. The summed E-state index contributed by atoms with van der Waals surface area (Å²) in [5, 5.41) is 0. The zero-order valence-corrected chi connectivity index (χ0v) is 9.94. The van der Waals surface area contributed by atoms with Crippen LogP contribution in [0.3, 0.4) is 0 Å². The Kier molecular flexibility index (Phi) is 3.17. The molecule has 2 heterocycles. The predicted molar refractivity (Wildman–Crippen MR) is 68.3 cm³/mol. The van der Waals surface area contributed by atoms with Crippen LogP contribution in [0.25, 0.3) is 5.65 Å². The molecule has 16 heavy (non-hydrogen) atoms. The molecule has 0 aliphatic rings. The van der Waals surface area contributed by atoms with Gasteiger partial charge in [-0.15, -0.1) is 0 Å². The van der Waals surface area contributed by atoms with Crippen LogP contribution in [-0.4, -0.2) is 32.9 Å². The summed E-state index contributed by atoms with van der Waals surface area (Å²) >= 11 is 4.86. The first kappa shape index (κ1) is 11.0. The third kappa shape index (κ3) is 2.56. The van der Waals surface area contributed by atoms with Crippen molar-refractivity contribution in [2.45, 2.75) is 6.54 Å². The molecule has 0 spiro atoms. The van der Waals surface area contributed by atoms with Crippen LogP contribution >= 0.6 is 12.2 Å². The topological polar surface area (TPSA) is 46.6 Å². The van der Waals surface area contributed by atoms with Crippen LogP contribution in [0.15, 0.2) is 30.6 Å². The molecule has 0 saturated heterocycles. The summed E-state index contributed by atoms with van der Waals surface area (Å²) in [6.45, 7) is 1.36. The number of rotatable bonds is 4. The molecule has 84 valence electrons. The summed E-state index contributed by atoms with van der Waals surface area (Å²) in [6, 6.07) is 5.94. The number of imidazole rings is 1. The Bertz CT molecular complexity index is 472. The summed E-state index contributed by atoms with van der Waals surface area (Å²) in [5.74, 6) is 0. The third-order valence-corrected chi connectivity index (χ3v) is 2.40. The average Bonchev–Trinajstić information content (AvgIpc) is 2.57. The fraction of sp³-hybridized carbons (Fsp3) is 0.273. The standard InChI is InChI=1S/C11H14N4S/c1-14(8-10(12)16)6-9-7-15-5-3-2-4-11(15)13-9/h2-5,7H,6,8H2,1H3,(H2,12,16). The number of hydrogen-bond acceptors (Lipinski definition) is 3. The van der Waals surface area contributed by atoms with E-state index >= 15 is 0 Å². The van der Waals surface area contributed by atoms with Crippen molar-refractivity contribution in [3.05, 3.63) is 36.3 Å². The first-order valence-electron chi connectivity index (χ1n) is 5.04. The Hall–Kier alpha value is -1.46. The van der Waals surface area contributed by atoms with Crippen molar-refractivity contribution < 1.29 is 0 Å². The van der Waals surface area contributed by atoms with Crippen molar-refractivity contribution in [3.8, 4) is 0 Å². The highest BCUT2D eigenvalue weighted by atomic mass is 32.1. The molecule has 5 heteroatoms. The molecule has 0 amide bonds. The lowest BCUT2D eigenvalue weighted by Gasteiger charge is -2.13. The lowest BCUT2D eigenvalue weighted by Crippen LogP contribution is -2.29. The highest BCUT2D eigenvalue weighted by molar-refractivity contribution is 7.80. The maximum absolute atomic E-state index is 5.49. The van der Waals surface area contributed by atoms with Crippen molar-refractivity contribution in [1.82, 2.24) is 14.3 Å². The molecule has 2 rings (SSSR count). The van der Waals surface area contributed by atoms with E-state index < -0.39 is 0 Å². The summed E-state index contributed by atoms with van der Waals surface area (Å²) < 4.78 is 2.00. The molecule has 2 N–H and O–H groups in total. The molecule has 0 atom stereocenters. The number of hydrogen-bond donors (Lipinski definition) is 1. The number of fused-ring (bicyclic) bond motifs is 1. The van der Waals surface area contributed by atoms with Crippen molar-refractivity contribution in [2.24, 2.45) is 5.73 Å². The van der Waals surface area contributed by atoms with Crippen LogP contribution < -0.4 is 5.73 Å². The second kappa shape index (κ2) is 4.59. The van der Waals surface area contributed by atoms with Gasteiger partial charge < -0.3 is 10.1 Å². The number of nitrogens with two attached hydrogens (primary N) is 1. The molecule has 0 bridgehead atoms. The maximum Gasteiger partial charge on any atom is 0.137 e. The van der Waals surface area contributed by atoms with Gasteiger partial charge in [-0.3, -0.25) is 4.90 Å². The molecule has 2 aromatic rings. The minimum absolute atomic E-state index is 0.506. The van der Waals surface area contributed by atoms with Gasteiger partial charge in [0.05, 0.1) is 10.7 Å². The number of pyridine rings is 1. The van der Waals surface area contributed by atoms with Gasteiger partial charge in [0.15, 0.2) is 0 Å². The van der Waals surface area contributed by atoms with Gasteiger partial charge >= 0.3 is 0 Å². The average molecular weight is 234 g/mol. The summed E-state index contributed by atoms with van der Waals surface area (Å²) in [4.78, 5) is 7.05. The fourth-order valence-corrected chi connectivity index (χ4v) is 1.88. The van der Waals surface area contributed by atoms with E-state index in [9.17, 15) is 0 Å². The zero-order valence-electron chi connectivity index (χ0n) is 9.13. The Morgan fingerprint density at radius 3 is 3.06 bits per heavy atom. The van der Waals surface area contributed by atoms with Gasteiger partial charge in [-0.2, -0.15) is 0 Å². The Morgan fingerprint density at radius 2 is 2.38 bits per heavy atom. The minimum atomic E-state index is 0.506. The molecule has 0 aliphatic heterocycles. The van der Waals surface area contributed by atoms with E-state index in [4.69, 9.17) is 18.0 Å². The van der Waals surface area contributed by atoms with E-state index in [0.29, 0.717) is 11.5 Å². The van der Waals surface area contributed by atoms with E-state index in [-0.39, 0.29) is 0 Å². The van der Waals surface area contributed by atoms with E-state index in [2.05, 4.69) is 4.98 Å². The van der Waals surface area contributed by atoms with Crippen LogP contribution in [0.5, 0.6) is 0 Å². The van der Waals surface area contributed by atoms with Gasteiger partial charge in [0.2, 0.25) is 0 Å². The lowest BCUT2D eigenvalue weighted by molar-refractivity contribution is 0.370. The van der Waals surface area contributed by atoms with E-state index in [1.54, 1.807) is 0 Å². The van der Waals surface area contributed by atoms with Crippen molar-refractivity contribution >= 4 is 22.9 Å².